The summed E-state index contributed by atoms with van der Waals surface area (Å²) in [6, 6.07) is 16.0. The van der Waals surface area contributed by atoms with Crippen molar-refractivity contribution in [1.29, 1.82) is 0 Å². The molecule has 1 atom stereocenters. The molecule has 0 amide bonds. The van der Waals surface area contributed by atoms with Crippen LogP contribution in [0, 0.1) is 0 Å². The van der Waals surface area contributed by atoms with Crippen molar-refractivity contribution in [2.24, 2.45) is 0 Å². The first-order valence-electron chi connectivity index (χ1n) is 9.45. The van der Waals surface area contributed by atoms with Crippen molar-refractivity contribution in [2.75, 3.05) is 0 Å². The topological polar surface area (TPSA) is 63.6 Å². The molecule has 2 heterocycles. The van der Waals surface area contributed by atoms with Crippen LogP contribution < -0.4 is 0 Å². The van der Waals surface area contributed by atoms with E-state index >= 15 is 0 Å². The summed E-state index contributed by atoms with van der Waals surface area (Å²) in [5.41, 5.74) is 3.94. The van der Waals surface area contributed by atoms with Crippen molar-refractivity contribution >= 4 is 28.4 Å². The quantitative estimate of drug-likeness (QED) is 0.354. The number of hydrogen-bond acceptors (Lipinski definition) is 4. The average Bonchev–Trinajstić information content (AvgIpc) is 3.38. The van der Waals surface area contributed by atoms with Gasteiger partial charge in [0, 0.05) is 29.2 Å². The number of rotatable bonds is 7. The highest BCUT2D eigenvalue weighted by molar-refractivity contribution is 8.00. The number of nitrogens with one attached hydrogen (secondary N) is 1. The Morgan fingerprint density at radius 2 is 1.96 bits per heavy atom. The predicted octanol–water partition coefficient (Wildman–Crippen LogP) is 5.06. The van der Waals surface area contributed by atoms with Crippen molar-refractivity contribution in [3.8, 4) is 0 Å². The van der Waals surface area contributed by atoms with Crippen LogP contribution in [0.1, 0.15) is 40.6 Å². The summed E-state index contributed by atoms with van der Waals surface area (Å²) in [5.74, 6) is 0.0707. The van der Waals surface area contributed by atoms with E-state index < -0.39 is 0 Å². The van der Waals surface area contributed by atoms with Crippen LogP contribution in [0.3, 0.4) is 0 Å². The van der Waals surface area contributed by atoms with Gasteiger partial charge in [-0.05, 0) is 24.5 Å². The van der Waals surface area contributed by atoms with Gasteiger partial charge in [0.15, 0.2) is 10.9 Å². The van der Waals surface area contributed by atoms with Gasteiger partial charge in [0.05, 0.1) is 0 Å². The Balaban J connectivity index is 1.77. The van der Waals surface area contributed by atoms with Crippen LogP contribution in [0.2, 0.25) is 0 Å². The lowest BCUT2D eigenvalue weighted by Crippen LogP contribution is -2.11. The van der Waals surface area contributed by atoms with Gasteiger partial charge in [-0.1, -0.05) is 67.2 Å². The Morgan fingerprint density at radius 1 is 1.14 bits per heavy atom. The summed E-state index contributed by atoms with van der Waals surface area (Å²) in [7, 11) is 0. The monoisotopic (exact) mass is 390 g/mol. The lowest BCUT2D eigenvalue weighted by molar-refractivity contribution is 0.0991. The highest BCUT2D eigenvalue weighted by atomic mass is 32.2. The smallest absolute Gasteiger partial charge is 0.192 e. The van der Waals surface area contributed by atoms with E-state index in [1.807, 2.05) is 60.2 Å². The Bertz CT molecular complexity index is 1100. The molecule has 0 fully saturated rings. The molecular weight excluding hydrogens is 368 g/mol. The third-order valence-electron chi connectivity index (χ3n) is 4.93. The maximum absolute atomic E-state index is 13.6. The van der Waals surface area contributed by atoms with Gasteiger partial charge in [-0.15, -0.1) is 10.2 Å². The Morgan fingerprint density at radius 3 is 2.71 bits per heavy atom. The lowest BCUT2D eigenvalue weighted by atomic mass is 10.0. The molecule has 0 spiro atoms. The molecule has 0 radical (unpaired) electrons. The van der Waals surface area contributed by atoms with E-state index in [1.165, 1.54) is 17.3 Å². The molecule has 2 aromatic heterocycles. The number of carbonyl (C=O) groups is 1. The van der Waals surface area contributed by atoms with Crippen molar-refractivity contribution in [3.05, 3.63) is 77.7 Å². The highest BCUT2D eigenvalue weighted by Gasteiger charge is 2.27. The maximum atomic E-state index is 13.6. The highest BCUT2D eigenvalue weighted by Crippen LogP contribution is 2.38. The Labute approximate surface area is 168 Å². The first-order chi connectivity index (χ1) is 13.7. The summed E-state index contributed by atoms with van der Waals surface area (Å²) >= 11 is 1.45. The zero-order chi connectivity index (χ0) is 19.5. The normalized spacial score (nSPS) is 12.4. The number of thioether (sulfide) groups is 1. The number of fused-ring (bicyclic) bond motifs is 1. The molecule has 0 bridgehead atoms. The lowest BCUT2D eigenvalue weighted by Gasteiger charge is -2.15. The number of nitrogens with zero attached hydrogens (tertiary/aromatic N) is 3. The molecule has 6 heteroatoms. The van der Waals surface area contributed by atoms with Crippen LogP contribution in [0.4, 0.5) is 0 Å². The molecule has 2 aromatic carbocycles. The number of aromatic nitrogens is 4. The number of hydrogen-bond donors (Lipinski definition) is 1. The number of H-pyrrole nitrogens is 1. The third-order valence-corrected chi connectivity index (χ3v) is 6.18. The number of aromatic amines is 1. The van der Waals surface area contributed by atoms with Gasteiger partial charge in [0.2, 0.25) is 0 Å². The van der Waals surface area contributed by atoms with Crippen molar-refractivity contribution in [3.63, 3.8) is 0 Å². The molecule has 0 aliphatic carbocycles. The fourth-order valence-corrected chi connectivity index (χ4v) is 4.56. The van der Waals surface area contributed by atoms with Crippen LogP contribution in [0.5, 0.6) is 0 Å². The minimum Gasteiger partial charge on any atom is -0.360 e. The number of benzene rings is 2. The number of Topliss-reactive ketones (excluding diaryl/α,β-unsaturated/α-hetero) is 1. The summed E-state index contributed by atoms with van der Waals surface area (Å²) in [6.45, 7) is 4.92. The molecule has 4 rings (SSSR count). The second-order valence-corrected chi connectivity index (χ2v) is 7.64. The zero-order valence-electron chi connectivity index (χ0n) is 15.9. The molecule has 0 saturated heterocycles. The molecule has 28 heavy (non-hydrogen) atoms. The average molecular weight is 391 g/mol. The van der Waals surface area contributed by atoms with Gasteiger partial charge in [-0.25, -0.2) is 0 Å². The maximum Gasteiger partial charge on any atom is 0.192 e. The molecule has 4 aromatic rings. The number of aryl methyl sites for hydroxylation is 2. The van der Waals surface area contributed by atoms with Crippen molar-refractivity contribution < 1.29 is 4.79 Å². The summed E-state index contributed by atoms with van der Waals surface area (Å²) in [5, 5.41) is 9.57. The molecular formula is C22H22N4OS. The van der Waals surface area contributed by atoms with Gasteiger partial charge < -0.3 is 9.55 Å². The SMILES string of the molecule is CCc1cccc2c(C(=O)[C@@H](Sc3nncn3CC)c3ccccc3)c[nH]c12. The predicted molar refractivity (Wildman–Crippen MR) is 113 cm³/mol. The van der Waals surface area contributed by atoms with E-state index in [0.717, 1.165) is 34.6 Å². The number of para-hydroxylation sites is 1. The molecule has 0 unspecified atom stereocenters. The fourth-order valence-electron chi connectivity index (χ4n) is 3.42. The molecule has 0 saturated carbocycles. The standard InChI is InChI=1S/C22H22N4OS/c1-3-15-11-8-12-17-18(13-23-19(15)17)20(27)21(16-9-6-5-7-10-16)28-22-25-24-14-26(22)4-2/h5-14,21,23H,3-4H2,1-2H3/t21-/m0/s1. The molecule has 0 aliphatic rings. The molecule has 5 nitrogen and oxygen atoms in total. The number of carbonyl (C=O) groups excluding carboxylic acids is 1. The summed E-state index contributed by atoms with van der Waals surface area (Å²) in [4.78, 5) is 17.0. The van der Waals surface area contributed by atoms with Gasteiger partial charge in [-0.2, -0.15) is 0 Å². The van der Waals surface area contributed by atoms with E-state index in [1.54, 1.807) is 6.33 Å². The van der Waals surface area contributed by atoms with E-state index in [4.69, 9.17) is 0 Å². The number of ketones is 1. The van der Waals surface area contributed by atoms with E-state index in [-0.39, 0.29) is 11.0 Å². The third kappa shape index (κ3) is 3.36. The zero-order valence-corrected chi connectivity index (χ0v) is 16.7. The Kier molecular flexibility index (Phi) is 5.30. The van der Waals surface area contributed by atoms with E-state index in [2.05, 4.69) is 28.2 Å². The largest absolute Gasteiger partial charge is 0.360 e. The van der Waals surface area contributed by atoms with Gasteiger partial charge in [0.1, 0.15) is 11.6 Å². The molecule has 0 aliphatic heterocycles. The first kappa shape index (κ1) is 18.5. The summed E-state index contributed by atoms with van der Waals surface area (Å²) in [6.07, 6.45) is 4.46. The van der Waals surface area contributed by atoms with Crippen LogP contribution in [0.15, 0.2) is 66.2 Å². The minimum atomic E-state index is -0.389. The molecule has 142 valence electrons. The Hall–Kier alpha value is -2.86. The van der Waals surface area contributed by atoms with E-state index in [9.17, 15) is 4.79 Å². The second-order valence-electron chi connectivity index (χ2n) is 6.57. The minimum absolute atomic E-state index is 0.0707. The molecule has 1 N–H and O–H groups in total. The van der Waals surface area contributed by atoms with Crippen LogP contribution in [-0.2, 0) is 13.0 Å². The van der Waals surface area contributed by atoms with E-state index in [0.29, 0.717) is 5.56 Å². The second kappa shape index (κ2) is 8.02. The summed E-state index contributed by atoms with van der Waals surface area (Å²) < 4.78 is 1.96. The van der Waals surface area contributed by atoms with Crippen molar-refractivity contribution in [1.82, 2.24) is 19.7 Å². The van der Waals surface area contributed by atoms with Gasteiger partial charge in [-0.3, -0.25) is 4.79 Å². The fraction of sp³-hybridized carbons (Fsp3) is 0.227. The van der Waals surface area contributed by atoms with Crippen LogP contribution >= 0.6 is 11.8 Å². The van der Waals surface area contributed by atoms with Crippen LogP contribution in [-0.4, -0.2) is 25.5 Å². The van der Waals surface area contributed by atoms with Crippen LogP contribution in [0.25, 0.3) is 10.9 Å². The van der Waals surface area contributed by atoms with Crippen molar-refractivity contribution in [2.45, 2.75) is 37.2 Å². The van der Waals surface area contributed by atoms with Gasteiger partial charge >= 0.3 is 0 Å². The first-order valence-corrected chi connectivity index (χ1v) is 10.3. The van der Waals surface area contributed by atoms with Gasteiger partial charge in [0.25, 0.3) is 0 Å².